The minimum Gasteiger partial charge on any atom is -0.483 e. The van der Waals surface area contributed by atoms with Crippen molar-refractivity contribution < 1.29 is 9.90 Å². The highest BCUT2D eigenvalue weighted by Gasteiger charge is 2.12. The van der Waals surface area contributed by atoms with Crippen LogP contribution < -0.4 is 0 Å². The zero-order chi connectivity index (χ0) is 7.40. The van der Waals surface area contributed by atoms with Crippen molar-refractivity contribution in [3.05, 3.63) is 35.4 Å². The third-order valence-electron chi connectivity index (χ3n) is 1.37. The van der Waals surface area contributed by atoms with Gasteiger partial charge in [-0.2, -0.15) is 0 Å². The van der Waals surface area contributed by atoms with Crippen molar-refractivity contribution in [2.24, 2.45) is 0 Å². The molecule has 0 saturated carbocycles. The summed E-state index contributed by atoms with van der Waals surface area (Å²) in [6, 6.07) is 8.53. The first-order chi connectivity index (χ1) is 4.88. The van der Waals surface area contributed by atoms with Crippen molar-refractivity contribution in [2.45, 2.75) is 6.42 Å². The molecule has 0 saturated heterocycles. The van der Waals surface area contributed by atoms with Crippen LogP contribution in [0.4, 0.5) is 0 Å². The normalized spacial score (nSPS) is 10.4. The van der Waals surface area contributed by atoms with Crippen molar-refractivity contribution in [1.82, 2.24) is 0 Å². The van der Waals surface area contributed by atoms with E-state index in [1.165, 1.54) is 17.5 Å². The maximum Gasteiger partial charge on any atom is 0.290 e. The lowest BCUT2D eigenvalue weighted by Crippen LogP contribution is -1.49. The van der Waals surface area contributed by atoms with Crippen molar-refractivity contribution in [1.29, 1.82) is 0 Å². The summed E-state index contributed by atoms with van der Waals surface area (Å²) in [5, 5.41) is 6.89. The zero-order valence-electron chi connectivity index (χ0n) is 5.45. The quantitative estimate of drug-likeness (QED) is 0.554. The topological polar surface area (TPSA) is 37.3 Å². The molecule has 1 aromatic rings. The number of hydrogen-bond acceptors (Lipinski definition) is 1. The Hall–Kier alpha value is -1.31. The molecule has 2 heteroatoms. The van der Waals surface area contributed by atoms with Gasteiger partial charge >= 0.3 is 0 Å². The van der Waals surface area contributed by atoms with Gasteiger partial charge < -0.3 is 5.11 Å². The summed E-state index contributed by atoms with van der Waals surface area (Å²) in [4.78, 5) is 8.36. The van der Waals surface area contributed by atoms with E-state index in [0.29, 0.717) is 0 Å². The average molecular weight is 136 g/mol. The minimum absolute atomic E-state index is 0.250. The molecule has 52 valence electrons. The molecule has 0 spiro atoms. The van der Waals surface area contributed by atoms with Gasteiger partial charge in [0.25, 0.3) is 6.47 Å². The summed E-state index contributed by atoms with van der Waals surface area (Å²) in [5.41, 5.74) is 3.06. The second-order valence-electron chi connectivity index (χ2n) is 2.05. The lowest BCUT2D eigenvalue weighted by Gasteiger charge is -1.69. The molecule has 0 atom stereocenters. The number of carbonyl (C=O) groups is 1. The Bertz CT molecular complexity index is 209. The molecule has 10 heavy (non-hydrogen) atoms. The lowest BCUT2D eigenvalue weighted by atomic mass is 10.4. The molecule has 0 aromatic heterocycles. The predicted octanol–water partition coefficient (Wildman–Crippen LogP) is 1.29. The summed E-state index contributed by atoms with van der Waals surface area (Å²) in [6.45, 7) is -0.250. The van der Waals surface area contributed by atoms with Crippen LogP contribution in [0.1, 0.15) is 11.1 Å². The minimum atomic E-state index is -0.250. The summed E-state index contributed by atoms with van der Waals surface area (Å²) < 4.78 is 0. The van der Waals surface area contributed by atoms with E-state index in [-0.39, 0.29) is 6.47 Å². The number of hydrogen-bond donors (Lipinski definition) is 1. The molecule has 0 fully saturated rings. The lowest BCUT2D eigenvalue weighted by molar-refractivity contribution is -0.122. The molecule has 1 aromatic carbocycles. The third-order valence-corrected chi connectivity index (χ3v) is 1.37. The van der Waals surface area contributed by atoms with Gasteiger partial charge in [-0.15, -0.1) is 0 Å². The summed E-state index contributed by atoms with van der Waals surface area (Å²) in [7, 11) is 0. The number of fused-ring (bicyclic) bond motifs is 1. The molecule has 0 radical (unpaired) electrons. The number of rotatable bonds is 0. The third kappa shape index (κ3) is 1.58. The first-order valence-corrected chi connectivity index (χ1v) is 3.03. The van der Waals surface area contributed by atoms with Crippen molar-refractivity contribution in [3.63, 3.8) is 0 Å². The Morgan fingerprint density at radius 3 is 2.00 bits per heavy atom. The van der Waals surface area contributed by atoms with Crippen LogP contribution in [-0.2, 0) is 11.2 Å². The maximum absolute atomic E-state index is 8.36. The molecule has 0 amide bonds. The van der Waals surface area contributed by atoms with Crippen LogP contribution in [0.25, 0.3) is 0 Å². The van der Waals surface area contributed by atoms with Gasteiger partial charge in [0, 0.05) is 0 Å². The highest BCUT2D eigenvalue weighted by Crippen LogP contribution is 2.25. The van der Waals surface area contributed by atoms with Crippen LogP contribution in [0.15, 0.2) is 24.3 Å². The highest BCUT2D eigenvalue weighted by molar-refractivity contribution is 5.44. The van der Waals surface area contributed by atoms with Crippen LogP contribution in [-0.4, -0.2) is 11.6 Å². The van der Waals surface area contributed by atoms with E-state index in [9.17, 15) is 0 Å². The average Bonchev–Trinajstić information content (AvgIpc) is 2.66. The van der Waals surface area contributed by atoms with Crippen LogP contribution in [0.2, 0.25) is 0 Å². The molecule has 2 rings (SSSR count). The first-order valence-electron chi connectivity index (χ1n) is 3.03. The Morgan fingerprint density at radius 1 is 1.30 bits per heavy atom. The van der Waals surface area contributed by atoms with E-state index in [4.69, 9.17) is 9.90 Å². The van der Waals surface area contributed by atoms with Crippen LogP contribution in [0, 0.1) is 0 Å². The monoisotopic (exact) mass is 136 g/mol. The van der Waals surface area contributed by atoms with E-state index in [1.807, 2.05) is 0 Å². The van der Waals surface area contributed by atoms with Crippen LogP contribution >= 0.6 is 0 Å². The fraction of sp³-hybridized carbons (Fsp3) is 0.125. The molecule has 0 aliphatic heterocycles. The van der Waals surface area contributed by atoms with Gasteiger partial charge in [0.2, 0.25) is 0 Å². The van der Waals surface area contributed by atoms with E-state index < -0.39 is 0 Å². The van der Waals surface area contributed by atoms with Gasteiger partial charge in [0.1, 0.15) is 0 Å². The van der Waals surface area contributed by atoms with Crippen LogP contribution in [0.3, 0.4) is 0 Å². The van der Waals surface area contributed by atoms with Gasteiger partial charge in [-0.3, -0.25) is 4.79 Å². The fourth-order valence-corrected chi connectivity index (χ4v) is 0.836. The van der Waals surface area contributed by atoms with Gasteiger partial charge in [0.05, 0.1) is 0 Å². The molecule has 0 bridgehead atoms. The predicted molar refractivity (Wildman–Crippen MR) is 37.9 cm³/mol. The fourth-order valence-electron chi connectivity index (χ4n) is 0.836. The molecule has 0 unspecified atom stereocenters. The molecular weight excluding hydrogens is 128 g/mol. The molecule has 2 nitrogen and oxygen atoms in total. The van der Waals surface area contributed by atoms with Crippen molar-refractivity contribution in [3.8, 4) is 0 Å². The van der Waals surface area contributed by atoms with Gasteiger partial charge in [-0.05, 0) is 17.5 Å². The van der Waals surface area contributed by atoms with E-state index in [2.05, 4.69) is 24.3 Å². The SMILES string of the molecule is O=CO.c1ccc2c(c1)C2. The van der Waals surface area contributed by atoms with E-state index >= 15 is 0 Å². The Balaban J connectivity index is 0.000000148. The summed E-state index contributed by atoms with van der Waals surface area (Å²) in [6.07, 6.45) is 1.24. The Kier molecular flexibility index (Phi) is 2.05. The van der Waals surface area contributed by atoms with Gasteiger partial charge in [-0.25, -0.2) is 0 Å². The van der Waals surface area contributed by atoms with Crippen molar-refractivity contribution in [2.75, 3.05) is 0 Å². The highest BCUT2D eigenvalue weighted by atomic mass is 16.3. The largest absolute Gasteiger partial charge is 0.483 e. The number of benzene rings is 1. The van der Waals surface area contributed by atoms with Crippen LogP contribution in [0.5, 0.6) is 0 Å². The van der Waals surface area contributed by atoms with E-state index in [1.54, 1.807) is 0 Å². The summed E-state index contributed by atoms with van der Waals surface area (Å²) in [5.74, 6) is 0. The van der Waals surface area contributed by atoms with Gasteiger partial charge in [0.15, 0.2) is 0 Å². The Morgan fingerprint density at radius 2 is 1.70 bits per heavy atom. The Labute approximate surface area is 59.1 Å². The molecule has 0 heterocycles. The second-order valence-corrected chi connectivity index (χ2v) is 2.05. The summed E-state index contributed by atoms with van der Waals surface area (Å²) >= 11 is 0. The number of carboxylic acid groups (broad SMARTS) is 1. The standard InChI is InChI=1S/C7H6.CH2O2/c1-2-4-7-5-6(7)3-1;2-1-3/h1-4H,5H2;1H,(H,2,3). The molecule has 1 aliphatic carbocycles. The zero-order valence-corrected chi connectivity index (χ0v) is 5.45. The smallest absolute Gasteiger partial charge is 0.290 e. The van der Waals surface area contributed by atoms with E-state index in [0.717, 1.165) is 0 Å². The molecular formula is C8H8O2. The first kappa shape index (κ1) is 6.81. The molecule has 1 N–H and O–H groups in total. The maximum atomic E-state index is 8.36. The van der Waals surface area contributed by atoms with Gasteiger partial charge in [-0.1, -0.05) is 24.3 Å². The second kappa shape index (κ2) is 3.01. The van der Waals surface area contributed by atoms with Crippen molar-refractivity contribution >= 4 is 6.47 Å². The molecule has 1 aliphatic rings.